The number of hydrogen-bond acceptors (Lipinski definition) is 6. The van der Waals surface area contributed by atoms with Gasteiger partial charge in [-0.15, -0.1) is 0 Å². The van der Waals surface area contributed by atoms with Gasteiger partial charge >= 0.3 is 0 Å². The van der Waals surface area contributed by atoms with Crippen LogP contribution in [-0.2, 0) is 15.0 Å². The van der Waals surface area contributed by atoms with Crippen LogP contribution in [0.25, 0.3) is 0 Å². The van der Waals surface area contributed by atoms with Crippen molar-refractivity contribution in [3.8, 4) is 0 Å². The van der Waals surface area contributed by atoms with E-state index in [9.17, 15) is 9.59 Å². The predicted octanol–water partition coefficient (Wildman–Crippen LogP) is 11.5. The number of carbonyl (C=O) groups excluding carboxylic acids is 2. The zero-order valence-electron chi connectivity index (χ0n) is 28.4. The first-order valence-electron chi connectivity index (χ1n) is 16.7. The smallest absolute Gasteiger partial charge is 0.185 e. The van der Waals surface area contributed by atoms with Crippen molar-refractivity contribution in [2.24, 2.45) is 20.5 Å². The molecule has 0 aromatic heterocycles. The van der Waals surface area contributed by atoms with Crippen LogP contribution in [0.4, 0.5) is 11.4 Å². The maximum absolute atomic E-state index is 12.5. The minimum absolute atomic E-state index is 0.128. The zero-order chi connectivity index (χ0) is 34.1. The average molecular weight is 635 g/mol. The lowest BCUT2D eigenvalue weighted by Gasteiger charge is -2.32. The molecule has 6 nitrogen and oxygen atoms in total. The number of Topliss-reactive ketones (excluding diaryl/α,β-unsaturated/α-hetero) is 2. The second kappa shape index (κ2) is 15.5. The molecule has 5 rings (SSSR count). The van der Waals surface area contributed by atoms with Gasteiger partial charge in [-0.2, -0.15) is 20.5 Å². The van der Waals surface area contributed by atoms with E-state index >= 15 is 0 Å². The van der Waals surface area contributed by atoms with Crippen LogP contribution in [0.15, 0.2) is 169 Å². The van der Waals surface area contributed by atoms with Gasteiger partial charge in [-0.1, -0.05) is 82.3 Å². The van der Waals surface area contributed by atoms with Crippen molar-refractivity contribution in [2.75, 3.05) is 0 Å². The van der Waals surface area contributed by atoms with Gasteiger partial charge in [0.1, 0.15) is 0 Å². The highest BCUT2D eigenvalue weighted by atomic mass is 16.1. The quantitative estimate of drug-likeness (QED) is 0.155. The fourth-order valence-corrected chi connectivity index (χ4v) is 6.08. The van der Waals surface area contributed by atoms with Crippen LogP contribution >= 0.6 is 0 Å². The minimum atomic E-state index is -0.439. The van der Waals surface area contributed by atoms with E-state index in [4.69, 9.17) is 0 Å². The van der Waals surface area contributed by atoms with Gasteiger partial charge in [-0.3, -0.25) is 9.59 Å². The van der Waals surface area contributed by atoms with Crippen LogP contribution in [0.2, 0.25) is 0 Å². The monoisotopic (exact) mass is 634 g/mol. The van der Waals surface area contributed by atoms with Gasteiger partial charge in [0.05, 0.1) is 23.8 Å². The van der Waals surface area contributed by atoms with E-state index in [-0.39, 0.29) is 11.6 Å². The van der Waals surface area contributed by atoms with Crippen molar-refractivity contribution in [3.05, 3.63) is 166 Å². The Kier molecular flexibility index (Phi) is 11.0. The highest BCUT2D eigenvalue weighted by molar-refractivity contribution is 6.10. The SMILES string of the molecule is CCC1=CC(=CN=Nc2ccc(C(C)(c3ccccc3)c3ccc(N=NC=C4C=C(CC)C(=O)C(CC)=C4)cc3)cc2)C=C(CC)C1=O. The van der Waals surface area contributed by atoms with E-state index in [2.05, 4.69) is 75.9 Å². The first-order valence-corrected chi connectivity index (χ1v) is 16.7. The van der Waals surface area contributed by atoms with Crippen LogP contribution in [0, 0.1) is 0 Å². The normalized spacial score (nSPS) is 16.4. The summed E-state index contributed by atoms with van der Waals surface area (Å²) in [6.07, 6.45) is 13.8. The zero-order valence-corrected chi connectivity index (χ0v) is 28.4. The molecule has 0 saturated carbocycles. The molecule has 0 bridgehead atoms. The number of azo groups is 2. The summed E-state index contributed by atoms with van der Waals surface area (Å²) < 4.78 is 0. The summed E-state index contributed by atoms with van der Waals surface area (Å²) in [5.41, 5.74) is 9.42. The molecule has 0 N–H and O–H groups in total. The molecule has 0 fully saturated rings. The molecular weight excluding hydrogens is 592 g/mol. The summed E-state index contributed by atoms with van der Waals surface area (Å²) in [5.74, 6) is 0.256. The van der Waals surface area contributed by atoms with Crippen molar-refractivity contribution >= 4 is 22.9 Å². The standard InChI is InChI=1S/C42H42N4O2/c1-6-31-23-29(24-32(7-2)40(31)47)27-43-45-38-19-15-36(16-20-38)42(5,35-13-11-10-12-14-35)37-17-21-39(22-18-37)46-44-28-30-25-33(8-3)41(48)34(9-4)26-30/h10-28H,6-9H2,1-5H3. The summed E-state index contributed by atoms with van der Waals surface area (Å²) in [5, 5.41) is 17.6. The average Bonchev–Trinajstić information content (AvgIpc) is 3.13. The molecule has 3 aromatic carbocycles. The van der Waals surface area contributed by atoms with Gasteiger partial charge in [0.25, 0.3) is 0 Å². The van der Waals surface area contributed by atoms with Gasteiger partial charge < -0.3 is 0 Å². The van der Waals surface area contributed by atoms with Gasteiger partial charge in [0, 0.05) is 27.7 Å². The lowest BCUT2D eigenvalue weighted by atomic mass is 9.71. The van der Waals surface area contributed by atoms with Gasteiger partial charge in [-0.25, -0.2) is 0 Å². The fraction of sp³-hybridized carbons (Fsp3) is 0.238. The van der Waals surface area contributed by atoms with Crippen LogP contribution < -0.4 is 0 Å². The number of allylic oxidation sites excluding steroid dienone is 10. The topological polar surface area (TPSA) is 83.6 Å². The van der Waals surface area contributed by atoms with E-state index in [1.165, 1.54) is 0 Å². The second-order valence-corrected chi connectivity index (χ2v) is 12.0. The molecule has 48 heavy (non-hydrogen) atoms. The van der Waals surface area contributed by atoms with Gasteiger partial charge in [0.2, 0.25) is 0 Å². The number of nitrogens with zero attached hydrogens (tertiary/aromatic N) is 4. The highest BCUT2D eigenvalue weighted by Crippen LogP contribution is 2.40. The Balaban J connectivity index is 1.38. The predicted molar refractivity (Wildman–Crippen MR) is 194 cm³/mol. The molecule has 0 radical (unpaired) electrons. The maximum Gasteiger partial charge on any atom is 0.185 e. The molecule has 242 valence electrons. The molecular formula is C42H42N4O2. The van der Waals surface area contributed by atoms with Crippen LogP contribution in [0.1, 0.15) is 77.0 Å². The Morgan fingerprint density at radius 3 is 1.17 bits per heavy atom. The fourth-order valence-electron chi connectivity index (χ4n) is 6.08. The molecule has 0 heterocycles. The largest absolute Gasteiger partial charge is 0.289 e. The number of ketones is 2. The number of rotatable bonds is 11. The second-order valence-electron chi connectivity index (χ2n) is 12.0. The molecule has 0 amide bonds. The molecule has 2 aliphatic rings. The highest BCUT2D eigenvalue weighted by Gasteiger charge is 2.31. The number of benzene rings is 3. The molecule has 0 atom stereocenters. The van der Waals surface area contributed by atoms with Crippen molar-refractivity contribution < 1.29 is 9.59 Å². The molecule has 6 heteroatoms. The van der Waals surface area contributed by atoms with Crippen molar-refractivity contribution in [2.45, 2.75) is 65.7 Å². The van der Waals surface area contributed by atoms with Crippen molar-refractivity contribution in [3.63, 3.8) is 0 Å². The molecule has 0 aliphatic heterocycles. The Morgan fingerprint density at radius 1 is 0.500 bits per heavy atom. The molecule has 3 aromatic rings. The molecule has 0 saturated heterocycles. The van der Waals surface area contributed by atoms with E-state index in [1.807, 2.05) is 82.3 Å². The Bertz CT molecular complexity index is 1750. The molecule has 0 unspecified atom stereocenters. The third kappa shape index (κ3) is 7.44. The third-order valence-corrected chi connectivity index (χ3v) is 9.05. The lowest BCUT2D eigenvalue weighted by Crippen LogP contribution is -2.25. The van der Waals surface area contributed by atoms with Crippen LogP contribution in [-0.4, -0.2) is 11.6 Å². The van der Waals surface area contributed by atoms with Crippen LogP contribution in [0.5, 0.6) is 0 Å². The van der Waals surface area contributed by atoms with Crippen LogP contribution in [0.3, 0.4) is 0 Å². The first kappa shape index (κ1) is 34.0. The summed E-state index contributed by atoms with van der Waals surface area (Å²) in [7, 11) is 0. The Morgan fingerprint density at radius 2 is 0.833 bits per heavy atom. The molecule has 0 spiro atoms. The maximum atomic E-state index is 12.5. The van der Waals surface area contributed by atoms with E-state index in [0.717, 1.165) is 61.5 Å². The van der Waals surface area contributed by atoms with E-state index in [1.54, 1.807) is 12.4 Å². The van der Waals surface area contributed by atoms with Crippen molar-refractivity contribution in [1.82, 2.24) is 0 Å². The first-order chi connectivity index (χ1) is 23.3. The minimum Gasteiger partial charge on any atom is -0.289 e. The number of carbonyl (C=O) groups is 2. The summed E-state index contributed by atoms with van der Waals surface area (Å²) in [4.78, 5) is 24.9. The summed E-state index contributed by atoms with van der Waals surface area (Å²) in [6, 6.07) is 26.8. The van der Waals surface area contributed by atoms with E-state index in [0.29, 0.717) is 25.7 Å². The molecule has 2 aliphatic carbocycles. The number of hydrogen-bond donors (Lipinski definition) is 0. The van der Waals surface area contributed by atoms with E-state index < -0.39 is 5.41 Å². The lowest BCUT2D eigenvalue weighted by molar-refractivity contribution is -0.113. The summed E-state index contributed by atoms with van der Waals surface area (Å²) >= 11 is 0. The Hall–Kier alpha value is -5.36. The van der Waals surface area contributed by atoms with Gasteiger partial charge in [-0.05, 0) is 109 Å². The third-order valence-electron chi connectivity index (χ3n) is 9.05. The van der Waals surface area contributed by atoms with Gasteiger partial charge in [0.15, 0.2) is 11.6 Å². The summed E-state index contributed by atoms with van der Waals surface area (Å²) in [6.45, 7) is 10.2. The Labute approximate surface area is 283 Å². The van der Waals surface area contributed by atoms with Crippen molar-refractivity contribution in [1.29, 1.82) is 0 Å².